The largest absolute Gasteiger partial charge is 0.481 e. The highest BCUT2D eigenvalue weighted by Gasteiger charge is 2.33. The highest BCUT2D eigenvalue weighted by Crippen LogP contribution is 2.34. The molecule has 1 fully saturated rings. The number of allylic oxidation sites excluding steroid dienone is 5. The van der Waals surface area contributed by atoms with Crippen LogP contribution in [0.4, 0.5) is 0 Å². The van der Waals surface area contributed by atoms with Gasteiger partial charge in [-0.15, -0.1) is 6.42 Å². The lowest BCUT2D eigenvalue weighted by Crippen LogP contribution is -2.27. The number of carbonyl (C=O) groups excluding carboxylic acids is 1. The molecule has 0 radical (unpaired) electrons. The van der Waals surface area contributed by atoms with Crippen LogP contribution in [0.2, 0.25) is 0 Å². The van der Waals surface area contributed by atoms with Crippen LogP contribution >= 0.6 is 0 Å². The van der Waals surface area contributed by atoms with Crippen molar-refractivity contribution in [2.45, 2.75) is 89.9 Å². The monoisotopic (exact) mass is 442 g/mol. The fourth-order valence-electron chi connectivity index (χ4n) is 4.19. The number of terminal acetylenes is 1. The van der Waals surface area contributed by atoms with Gasteiger partial charge < -0.3 is 14.6 Å². The first-order valence-electron chi connectivity index (χ1n) is 12.1. The van der Waals surface area contributed by atoms with E-state index in [4.69, 9.17) is 21.0 Å². The van der Waals surface area contributed by atoms with E-state index >= 15 is 0 Å². The molecular weight excluding hydrogens is 404 g/mol. The minimum Gasteiger partial charge on any atom is -0.481 e. The third kappa shape index (κ3) is 9.14. The molecule has 1 aliphatic heterocycles. The summed E-state index contributed by atoms with van der Waals surface area (Å²) < 4.78 is 12.0. The van der Waals surface area contributed by atoms with E-state index in [9.17, 15) is 9.59 Å². The van der Waals surface area contributed by atoms with E-state index in [1.165, 1.54) is 0 Å². The van der Waals surface area contributed by atoms with Gasteiger partial charge in [-0.25, -0.2) is 0 Å². The molecule has 0 amide bonds. The van der Waals surface area contributed by atoms with Gasteiger partial charge in [0, 0.05) is 30.4 Å². The topological polar surface area (TPSA) is 72.8 Å². The van der Waals surface area contributed by atoms with E-state index in [-0.39, 0.29) is 36.4 Å². The van der Waals surface area contributed by atoms with Crippen molar-refractivity contribution in [2.24, 2.45) is 11.8 Å². The van der Waals surface area contributed by atoms with Crippen LogP contribution in [-0.2, 0) is 19.1 Å². The summed E-state index contributed by atoms with van der Waals surface area (Å²) in [5, 5.41) is 8.73. The first-order valence-corrected chi connectivity index (χ1v) is 12.1. The number of unbranched alkanes of at least 4 members (excludes halogenated alkanes) is 3. The molecule has 5 nitrogen and oxygen atoms in total. The maximum atomic E-state index is 12.6. The molecular formula is C27H38O5. The Labute approximate surface area is 192 Å². The van der Waals surface area contributed by atoms with Gasteiger partial charge in [0.05, 0.1) is 6.10 Å². The first kappa shape index (κ1) is 26.1. The predicted molar refractivity (Wildman–Crippen MR) is 126 cm³/mol. The van der Waals surface area contributed by atoms with Gasteiger partial charge in [-0.2, -0.15) is 0 Å². The number of ketones is 1. The summed E-state index contributed by atoms with van der Waals surface area (Å²) in [6, 6.07) is 0. The molecule has 1 saturated heterocycles. The Morgan fingerprint density at radius 2 is 2.19 bits per heavy atom. The summed E-state index contributed by atoms with van der Waals surface area (Å²) in [4.78, 5) is 23.3. The van der Waals surface area contributed by atoms with E-state index in [1.807, 2.05) is 24.3 Å². The number of aliphatic carboxylic acids is 1. The van der Waals surface area contributed by atoms with Crippen LogP contribution in [0.5, 0.6) is 0 Å². The van der Waals surface area contributed by atoms with Gasteiger partial charge in [-0.1, -0.05) is 56.4 Å². The van der Waals surface area contributed by atoms with Gasteiger partial charge in [0.25, 0.3) is 0 Å². The van der Waals surface area contributed by atoms with Crippen molar-refractivity contribution in [3.05, 3.63) is 36.0 Å². The summed E-state index contributed by atoms with van der Waals surface area (Å²) in [6.45, 7) is 2.92. The Morgan fingerprint density at radius 1 is 1.34 bits per heavy atom. The third-order valence-corrected chi connectivity index (χ3v) is 6.03. The molecule has 176 valence electrons. The van der Waals surface area contributed by atoms with Gasteiger partial charge in [0.15, 0.2) is 12.1 Å². The molecule has 0 aromatic heterocycles. The lowest BCUT2D eigenvalue weighted by molar-refractivity contribution is -0.179. The molecule has 0 saturated carbocycles. The zero-order chi connectivity index (χ0) is 23.2. The average Bonchev–Trinajstić information content (AvgIpc) is 3.09. The fraction of sp³-hybridized carbons (Fsp3) is 0.630. The smallest absolute Gasteiger partial charge is 0.303 e. The molecule has 0 spiro atoms. The molecule has 32 heavy (non-hydrogen) atoms. The van der Waals surface area contributed by atoms with Crippen LogP contribution < -0.4 is 0 Å². The molecule has 1 aliphatic carbocycles. The normalized spacial score (nSPS) is 24.7. The van der Waals surface area contributed by atoms with E-state index in [0.29, 0.717) is 19.3 Å². The minimum atomic E-state index is -0.781. The van der Waals surface area contributed by atoms with E-state index in [2.05, 4.69) is 12.8 Å². The van der Waals surface area contributed by atoms with E-state index in [1.54, 1.807) is 6.08 Å². The minimum absolute atomic E-state index is 0.0414. The van der Waals surface area contributed by atoms with Crippen molar-refractivity contribution in [3.8, 4) is 12.3 Å². The molecule has 2 rings (SSSR count). The van der Waals surface area contributed by atoms with Gasteiger partial charge in [-0.3, -0.25) is 9.59 Å². The lowest BCUT2D eigenvalue weighted by Gasteiger charge is -2.27. The number of hydrogen-bond donors (Lipinski definition) is 1. The average molecular weight is 443 g/mol. The van der Waals surface area contributed by atoms with Crippen molar-refractivity contribution >= 4 is 11.8 Å². The van der Waals surface area contributed by atoms with Crippen molar-refractivity contribution < 1.29 is 24.2 Å². The number of rotatable bonds is 14. The van der Waals surface area contributed by atoms with Crippen molar-refractivity contribution in [3.63, 3.8) is 0 Å². The maximum absolute atomic E-state index is 12.6. The molecule has 5 heteroatoms. The Balaban J connectivity index is 1.99. The van der Waals surface area contributed by atoms with Gasteiger partial charge in [0.2, 0.25) is 0 Å². The molecule has 0 aromatic carbocycles. The second-order valence-corrected chi connectivity index (χ2v) is 8.62. The standard InChI is InChI=1S/C27H38O5/c1-3-5-8-13-22(32-27-16-11-12-19-31-27)17-18-24-23(21(4-2)20-25(24)28)14-9-6-7-10-15-26(29)30/h2,6,9,17-18,20,22-24,27H,3,5,7-8,10-16,19H2,1H3,(H,29,30)/b9-6?,18-17+/t22-,23-,24+,27?/m0/s1. The zero-order valence-corrected chi connectivity index (χ0v) is 19.3. The summed E-state index contributed by atoms with van der Waals surface area (Å²) >= 11 is 0. The van der Waals surface area contributed by atoms with Crippen molar-refractivity contribution in [2.75, 3.05) is 6.61 Å². The Morgan fingerprint density at radius 3 is 2.88 bits per heavy atom. The number of carboxylic acids is 1. The quantitative estimate of drug-likeness (QED) is 0.215. The number of carbonyl (C=O) groups is 2. The van der Waals surface area contributed by atoms with Gasteiger partial charge in [-0.05, 0) is 51.0 Å². The second-order valence-electron chi connectivity index (χ2n) is 8.62. The fourth-order valence-corrected chi connectivity index (χ4v) is 4.19. The molecule has 1 unspecified atom stereocenters. The Kier molecular flexibility index (Phi) is 12.1. The van der Waals surface area contributed by atoms with Crippen molar-refractivity contribution in [1.29, 1.82) is 0 Å². The molecule has 1 heterocycles. The number of carboxylic acid groups (broad SMARTS) is 1. The Hall–Kier alpha value is -2.16. The molecule has 2 aliphatic rings. The summed E-state index contributed by atoms with van der Waals surface area (Å²) in [5.41, 5.74) is 0.735. The molecule has 4 atom stereocenters. The maximum Gasteiger partial charge on any atom is 0.303 e. The predicted octanol–water partition coefficient (Wildman–Crippen LogP) is 5.61. The van der Waals surface area contributed by atoms with Crippen LogP contribution in [0.1, 0.15) is 77.6 Å². The molecule has 0 bridgehead atoms. The number of hydrogen-bond acceptors (Lipinski definition) is 4. The van der Waals surface area contributed by atoms with Crippen molar-refractivity contribution in [1.82, 2.24) is 0 Å². The highest BCUT2D eigenvalue weighted by atomic mass is 16.7. The summed E-state index contributed by atoms with van der Waals surface area (Å²) in [6.07, 6.45) is 24.6. The molecule has 1 N–H and O–H groups in total. The highest BCUT2D eigenvalue weighted by molar-refractivity contribution is 5.98. The summed E-state index contributed by atoms with van der Waals surface area (Å²) in [5.74, 6) is 1.60. The van der Waals surface area contributed by atoms with Crippen LogP contribution in [0.15, 0.2) is 36.0 Å². The lowest BCUT2D eigenvalue weighted by atomic mass is 9.87. The van der Waals surface area contributed by atoms with E-state index in [0.717, 1.165) is 57.1 Å². The third-order valence-electron chi connectivity index (χ3n) is 6.03. The summed E-state index contributed by atoms with van der Waals surface area (Å²) in [7, 11) is 0. The van der Waals surface area contributed by atoms with Crippen LogP contribution in [0.25, 0.3) is 0 Å². The Bertz CT molecular complexity index is 721. The van der Waals surface area contributed by atoms with Gasteiger partial charge >= 0.3 is 5.97 Å². The van der Waals surface area contributed by atoms with Crippen LogP contribution in [-0.4, -0.2) is 35.9 Å². The molecule has 0 aromatic rings. The first-order chi connectivity index (χ1) is 15.5. The SMILES string of the molecule is C#CC1=CC(=O)[C@H](/C=C/[C@H](CCCCC)OC2CCCCO2)[C@H]1CC=CCCCC(=O)O. The van der Waals surface area contributed by atoms with Gasteiger partial charge in [0.1, 0.15) is 0 Å². The van der Waals surface area contributed by atoms with Crippen LogP contribution in [0, 0.1) is 24.2 Å². The zero-order valence-electron chi connectivity index (χ0n) is 19.3. The second kappa shape index (κ2) is 14.8. The van der Waals surface area contributed by atoms with Crippen LogP contribution in [0.3, 0.4) is 0 Å². The number of ether oxygens (including phenoxy) is 2. The van der Waals surface area contributed by atoms with E-state index < -0.39 is 5.97 Å².